The van der Waals surface area contributed by atoms with E-state index in [1.54, 1.807) is 44.2 Å². The lowest BCUT2D eigenvalue weighted by Crippen LogP contribution is -2.37. The van der Waals surface area contributed by atoms with Gasteiger partial charge in [0.05, 0.1) is 0 Å². The van der Waals surface area contributed by atoms with E-state index < -0.39 is 31.6 Å². The van der Waals surface area contributed by atoms with E-state index in [-0.39, 0.29) is 5.56 Å². The van der Waals surface area contributed by atoms with E-state index in [9.17, 15) is 18.9 Å². The molecule has 0 bridgehead atoms. The molecule has 0 saturated carbocycles. The summed E-state index contributed by atoms with van der Waals surface area (Å²) in [6.45, 7) is 3.28. The third-order valence-electron chi connectivity index (χ3n) is 5.55. The molecule has 27 heavy (non-hydrogen) atoms. The van der Waals surface area contributed by atoms with Crippen molar-refractivity contribution in [3.8, 4) is 0 Å². The molecule has 0 amide bonds. The van der Waals surface area contributed by atoms with Gasteiger partial charge in [-0.3, -0.25) is 13.7 Å². The summed E-state index contributed by atoms with van der Waals surface area (Å²) in [7, 11) is -7.69. The smallest absolute Gasteiger partial charge is 0.322 e. The van der Waals surface area contributed by atoms with Gasteiger partial charge in [0.15, 0.2) is 0 Å². The fourth-order valence-electron chi connectivity index (χ4n) is 3.85. The van der Waals surface area contributed by atoms with Crippen molar-refractivity contribution in [3.05, 3.63) is 70.7 Å². The first-order valence-electron chi connectivity index (χ1n) is 8.27. The second-order valence-corrected chi connectivity index (χ2v) is 11.4. The highest BCUT2D eigenvalue weighted by molar-refractivity contribution is 7.58. The zero-order valence-corrected chi connectivity index (χ0v) is 17.6. The summed E-state index contributed by atoms with van der Waals surface area (Å²) in [5.74, 6) is -0.875. The lowest BCUT2D eigenvalue weighted by molar-refractivity contribution is 0.0829. The molecule has 146 valence electrons. The van der Waals surface area contributed by atoms with Crippen LogP contribution in [0.2, 0.25) is 5.02 Å². The lowest BCUT2D eigenvalue weighted by atomic mass is 9.81. The first-order chi connectivity index (χ1) is 12.5. The minimum Gasteiger partial charge on any atom is -0.322 e. The molecular formula is C18H21ClO6P2. The van der Waals surface area contributed by atoms with Gasteiger partial charge in [0.2, 0.25) is 5.34 Å². The average Bonchev–Trinajstić information content (AvgIpc) is 2.83. The number of benzene rings is 2. The van der Waals surface area contributed by atoms with Crippen molar-refractivity contribution in [2.75, 3.05) is 7.11 Å². The van der Waals surface area contributed by atoms with E-state index in [0.717, 1.165) is 0 Å². The van der Waals surface area contributed by atoms with Gasteiger partial charge in [-0.15, -0.1) is 0 Å². The van der Waals surface area contributed by atoms with E-state index in [0.29, 0.717) is 10.6 Å². The van der Waals surface area contributed by atoms with Crippen LogP contribution < -0.4 is 0 Å². The van der Waals surface area contributed by atoms with E-state index in [4.69, 9.17) is 20.6 Å². The molecule has 4 unspecified atom stereocenters. The molecule has 3 rings (SSSR count). The zero-order chi connectivity index (χ0) is 20.1. The average molecular weight is 431 g/mol. The molecule has 1 aliphatic heterocycles. The molecule has 1 aliphatic rings. The Morgan fingerprint density at radius 2 is 1.67 bits per heavy atom. The van der Waals surface area contributed by atoms with Gasteiger partial charge in [-0.2, -0.15) is 0 Å². The Kier molecular flexibility index (Phi) is 5.24. The first kappa shape index (κ1) is 20.8. The predicted octanol–water partition coefficient (Wildman–Crippen LogP) is 5.09. The van der Waals surface area contributed by atoms with Gasteiger partial charge < -0.3 is 14.3 Å². The molecule has 9 heteroatoms. The molecule has 6 nitrogen and oxygen atoms in total. The summed E-state index contributed by atoms with van der Waals surface area (Å²) < 4.78 is 37.6. The predicted molar refractivity (Wildman–Crippen MR) is 104 cm³/mol. The molecule has 1 saturated heterocycles. The molecule has 1 fully saturated rings. The van der Waals surface area contributed by atoms with Crippen LogP contribution in [-0.2, 0) is 28.7 Å². The van der Waals surface area contributed by atoms with Crippen LogP contribution in [0.5, 0.6) is 0 Å². The van der Waals surface area contributed by atoms with Crippen LogP contribution in [0.4, 0.5) is 0 Å². The molecule has 2 aromatic rings. The molecule has 4 atom stereocenters. The summed E-state index contributed by atoms with van der Waals surface area (Å²) in [6.07, 6.45) is 0. The normalized spacial score (nSPS) is 33.9. The van der Waals surface area contributed by atoms with Crippen LogP contribution in [0, 0.1) is 5.92 Å². The minimum absolute atomic E-state index is 0.199. The molecular weight excluding hydrogens is 410 g/mol. The maximum absolute atomic E-state index is 13.7. The quantitative estimate of drug-likeness (QED) is 0.656. The van der Waals surface area contributed by atoms with E-state index in [2.05, 4.69) is 0 Å². The van der Waals surface area contributed by atoms with Gasteiger partial charge in [0.1, 0.15) is 5.16 Å². The Bertz CT molecular complexity index is 929. The van der Waals surface area contributed by atoms with Gasteiger partial charge in [0.25, 0.3) is 0 Å². The highest BCUT2D eigenvalue weighted by atomic mass is 35.5. The Morgan fingerprint density at radius 3 is 2.15 bits per heavy atom. The Morgan fingerprint density at radius 1 is 1.11 bits per heavy atom. The van der Waals surface area contributed by atoms with Crippen molar-refractivity contribution in [1.29, 1.82) is 0 Å². The molecule has 0 radical (unpaired) electrons. The van der Waals surface area contributed by atoms with Crippen LogP contribution in [0.1, 0.15) is 25.0 Å². The second-order valence-electron chi connectivity index (χ2n) is 6.75. The molecule has 0 aromatic heterocycles. The Labute approximate surface area is 163 Å². The summed E-state index contributed by atoms with van der Waals surface area (Å²) in [5.41, 5.74) is 0.816. The monoisotopic (exact) mass is 430 g/mol. The Balaban J connectivity index is 2.33. The van der Waals surface area contributed by atoms with Crippen molar-refractivity contribution in [1.82, 2.24) is 0 Å². The van der Waals surface area contributed by atoms with Gasteiger partial charge in [-0.25, -0.2) is 0 Å². The highest BCUT2D eigenvalue weighted by Crippen LogP contribution is 2.84. The van der Waals surface area contributed by atoms with Crippen LogP contribution in [-0.4, -0.2) is 16.9 Å². The SMILES string of the molecule is COP1(=O)OC(c2ccc(Cl)cc2)(P(=O)(O)O)C(C)C1(C)c1ccccc1. The summed E-state index contributed by atoms with van der Waals surface area (Å²) >= 11 is 5.94. The maximum atomic E-state index is 13.7. The lowest BCUT2D eigenvalue weighted by Gasteiger charge is -2.36. The van der Waals surface area contributed by atoms with Crippen LogP contribution >= 0.6 is 26.8 Å². The van der Waals surface area contributed by atoms with Crippen molar-refractivity contribution < 1.29 is 28.0 Å². The summed E-state index contributed by atoms with van der Waals surface area (Å²) in [4.78, 5) is 20.7. The highest BCUT2D eigenvalue weighted by Gasteiger charge is 2.74. The van der Waals surface area contributed by atoms with Crippen molar-refractivity contribution >= 4 is 26.8 Å². The van der Waals surface area contributed by atoms with Gasteiger partial charge >= 0.3 is 15.2 Å². The van der Waals surface area contributed by atoms with E-state index >= 15 is 0 Å². The third kappa shape index (κ3) is 2.87. The fraction of sp³-hybridized carbons (Fsp3) is 0.333. The molecule has 0 aliphatic carbocycles. The number of hydrogen-bond donors (Lipinski definition) is 2. The minimum atomic E-state index is -4.95. The van der Waals surface area contributed by atoms with Crippen molar-refractivity contribution in [2.45, 2.75) is 24.3 Å². The Hall–Kier alpha value is -0.970. The van der Waals surface area contributed by atoms with Crippen molar-refractivity contribution in [3.63, 3.8) is 0 Å². The fourth-order valence-corrected chi connectivity index (χ4v) is 8.47. The largest absolute Gasteiger partial charge is 0.362 e. The topological polar surface area (TPSA) is 93.1 Å². The van der Waals surface area contributed by atoms with Gasteiger partial charge in [-0.1, -0.05) is 61.0 Å². The van der Waals surface area contributed by atoms with E-state index in [1.165, 1.54) is 31.4 Å². The van der Waals surface area contributed by atoms with Crippen LogP contribution in [0.3, 0.4) is 0 Å². The summed E-state index contributed by atoms with van der Waals surface area (Å²) in [5, 5.41) is -3.00. The number of hydrogen-bond acceptors (Lipinski definition) is 4. The first-order valence-corrected chi connectivity index (χ1v) is 11.8. The van der Waals surface area contributed by atoms with Crippen molar-refractivity contribution in [2.24, 2.45) is 5.92 Å². The molecule has 2 N–H and O–H groups in total. The van der Waals surface area contributed by atoms with Crippen LogP contribution in [0.15, 0.2) is 54.6 Å². The molecule has 1 heterocycles. The summed E-state index contributed by atoms with van der Waals surface area (Å²) in [6, 6.07) is 14.8. The van der Waals surface area contributed by atoms with Crippen LogP contribution in [0.25, 0.3) is 0 Å². The number of halogens is 1. The molecule has 0 spiro atoms. The molecule has 2 aromatic carbocycles. The van der Waals surface area contributed by atoms with Gasteiger partial charge in [-0.05, 0) is 30.2 Å². The van der Waals surface area contributed by atoms with Gasteiger partial charge in [0, 0.05) is 18.1 Å². The van der Waals surface area contributed by atoms with E-state index in [1.807, 2.05) is 0 Å². The third-order valence-corrected chi connectivity index (χ3v) is 10.3. The number of rotatable bonds is 4. The zero-order valence-electron chi connectivity index (χ0n) is 15.1. The maximum Gasteiger partial charge on any atom is 0.362 e. The second kappa shape index (κ2) is 6.82. The standard InChI is InChI=1S/C18H21ClO6P2/c1-13-17(2,14-7-5-4-6-8-14)27(23,24-3)25-18(13,26(20,21)22)15-9-11-16(19)12-10-15/h4-13H,1-3H3,(H2,20,21,22).